The molecule has 0 saturated heterocycles. The quantitative estimate of drug-likeness (QED) is 0.441. The van der Waals surface area contributed by atoms with Gasteiger partial charge in [-0.15, -0.1) is 0 Å². The molecule has 0 amide bonds. The molecule has 0 aliphatic rings. The van der Waals surface area contributed by atoms with Gasteiger partial charge in [0.05, 0.1) is 34.9 Å². The number of nitrogens with zero attached hydrogens (tertiary/aromatic N) is 2. The number of methoxy groups -OCH3 is 1. The van der Waals surface area contributed by atoms with Crippen LogP contribution in [0.1, 0.15) is 0 Å². The molecule has 0 atom stereocenters. The van der Waals surface area contributed by atoms with Crippen LogP contribution >= 0.6 is 11.6 Å². The van der Waals surface area contributed by atoms with E-state index in [0.29, 0.717) is 16.5 Å². The van der Waals surface area contributed by atoms with Crippen LogP contribution in [0.5, 0.6) is 5.75 Å². The monoisotopic (exact) mass is 309 g/mol. The molecule has 0 spiro atoms. The zero-order chi connectivity index (χ0) is 15.4. The van der Waals surface area contributed by atoms with E-state index in [0.717, 1.165) is 0 Å². The number of rotatable bonds is 5. The number of aromatic nitrogens is 1. The van der Waals surface area contributed by atoms with E-state index >= 15 is 0 Å². The van der Waals surface area contributed by atoms with Gasteiger partial charge in [0.15, 0.2) is 0 Å². The van der Waals surface area contributed by atoms with E-state index < -0.39 is 4.92 Å². The van der Waals surface area contributed by atoms with E-state index in [-0.39, 0.29) is 17.3 Å². The van der Waals surface area contributed by atoms with Gasteiger partial charge >= 0.3 is 0 Å². The summed E-state index contributed by atoms with van der Waals surface area (Å²) in [5, 5.41) is 14.2. The number of nitrogens with one attached hydrogen (secondary N) is 2. The molecule has 0 saturated carbocycles. The minimum absolute atomic E-state index is 0.153. The standard InChI is InChI=1S/C12H12ClN5O3/c1-21-8-2-3-9(13)10(6-8)15-11-4-7(18(19)20)5-12(16-11)17-14/h2-6H,14H2,1H3,(H2,15,16,17). The second-order valence-electron chi connectivity index (χ2n) is 3.97. The highest BCUT2D eigenvalue weighted by Crippen LogP contribution is 2.30. The molecule has 2 rings (SSSR count). The normalized spacial score (nSPS) is 10.0. The van der Waals surface area contributed by atoms with E-state index in [2.05, 4.69) is 15.7 Å². The number of nitrogens with two attached hydrogens (primary N) is 1. The van der Waals surface area contributed by atoms with Crippen molar-refractivity contribution in [3.63, 3.8) is 0 Å². The average molecular weight is 310 g/mol. The molecule has 0 unspecified atom stereocenters. The van der Waals surface area contributed by atoms with Crippen LogP contribution in [-0.2, 0) is 0 Å². The Hall–Kier alpha value is -2.58. The lowest BCUT2D eigenvalue weighted by atomic mass is 10.3. The summed E-state index contributed by atoms with van der Waals surface area (Å²) in [4.78, 5) is 14.4. The van der Waals surface area contributed by atoms with Gasteiger partial charge in [-0.05, 0) is 12.1 Å². The third-order valence-electron chi connectivity index (χ3n) is 2.61. The van der Waals surface area contributed by atoms with Crippen molar-refractivity contribution in [2.45, 2.75) is 0 Å². The summed E-state index contributed by atoms with van der Waals surface area (Å²) < 4.78 is 5.09. The van der Waals surface area contributed by atoms with Crippen molar-refractivity contribution in [2.75, 3.05) is 17.9 Å². The van der Waals surface area contributed by atoms with Gasteiger partial charge in [-0.3, -0.25) is 10.1 Å². The maximum absolute atomic E-state index is 10.9. The summed E-state index contributed by atoms with van der Waals surface area (Å²) in [6, 6.07) is 7.48. The summed E-state index contributed by atoms with van der Waals surface area (Å²) in [6.45, 7) is 0. The van der Waals surface area contributed by atoms with Crippen LogP contribution in [0.3, 0.4) is 0 Å². The van der Waals surface area contributed by atoms with Crippen LogP contribution in [-0.4, -0.2) is 17.0 Å². The number of hydrogen-bond acceptors (Lipinski definition) is 7. The minimum atomic E-state index is -0.541. The van der Waals surface area contributed by atoms with E-state index in [4.69, 9.17) is 22.2 Å². The van der Waals surface area contributed by atoms with E-state index in [9.17, 15) is 10.1 Å². The topological polar surface area (TPSA) is 115 Å². The fourth-order valence-corrected chi connectivity index (χ4v) is 1.79. The van der Waals surface area contributed by atoms with Crippen LogP contribution < -0.4 is 21.3 Å². The third-order valence-corrected chi connectivity index (χ3v) is 2.93. The predicted octanol–water partition coefficient (Wildman–Crippen LogP) is 2.68. The second-order valence-corrected chi connectivity index (χ2v) is 4.38. The number of halogens is 1. The predicted molar refractivity (Wildman–Crippen MR) is 80.0 cm³/mol. The fourth-order valence-electron chi connectivity index (χ4n) is 1.62. The van der Waals surface area contributed by atoms with E-state index in [1.807, 2.05) is 0 Å². The number of ether oxygens (including phenoxy) is 1. The van der Waals surface area contributed by atoms with Crippen molar-refractivity contribution in [3.05, 3.63) is 45.5 Å². The van der Waals surface area contributed by atoms with Gasteiger partial charge in [0.2, 0.25) is 0 Å². The molecule has 1 aromatic heterocycles. The van der Waals surface area contributed by atoms with Gasteiger partial charge in [0, 0.05) is 6.07 Å². The number of nitro groups is 1. The van der Waals surface area contributed by atoms with Crippen molar-refractivity contribution in [1.82, 2.24) is 4.98 Å². The lowest BCUT2D eigenvalue weighted by Crippen LogP contribution is -2.10. The summed E-state index contributed by atoms with van der Waals surface area (Å²) in [5.41, 5.74) is 2.63. The van der Waals surface area contributed by atoms with Gasteiger partial charge in [-0.1, -0.05) is 11.6 Å². The Balaban J connectivity index is 2.39. The number of benzene rings is 1. The first-order valence-corrected chi connectivity index (χ1v) is 6.15. The van der Waals surface area contributed by atoms with Crippen LogP contribution in [0.15, 0.2) is 30.3 Å². The SMILES string of the molecule is COc1ccc(Cl)c(Nc2cc([N+](=O)[O-])cc(NN)n2)c1. The molecule has 0 aliphatic carbocycles. The Morgan fingerprint density at radius 3 is 2.67 bits per heavy atom. The number of nitrogen functional groups attached to an aromatic ring is 1. The highest BCUT2D eigenvalue weighted by molar-refractivity contribution is 6.33. The van der Waals surface area contributed by atoms with Crippen molar-refractivity contribution < 1.29 is 9.66 Å². The van der Waals surface area contributed by atoms with Crippen molar-refractivity contribution in [1.29, 1.82) is 0 Å². The molecule has 0 radical (unpaired) electrons. The van der Waals surface area contributed by atoms with Gasteiger partial charge in [0.1, 0.15) is 17.4 Å². The molecule has 0 bridgehead atoms. The lowest BCUT2D eigenvalue weighted by Gasteiger charge is -2.10. The molecule has 0 aliphatic heterocycles. The molecule has 2 aromatic rings. The zero-order valence-corrected chi connectivity index (χ0v) is 11.7. The Morgan fingerprint density at radius 1 is 1.33 bits per heavy atom. The summed E-state index contributed by atoms with van der Waals surface area (Å²) in [6.07, 6.45) is 0. The first-order valence-electron chi connectivity index (χ1n) is 5.77. The molecule has 1 heterocycles. The van der Waals surface area contributed by atoms with Crippen LogP contribution in [0, 0.1) is 10.1 Å². The summed E-state index contributed by atoms with van der Waals surface area (Å²) >= 11 is 6.06. The van der Waals surface area contributed by atoms with Gasteiger partial charge < -0.3 is 15.5 Å². The van der Waals surface area contributed by atoms with Gasteiger partial charge in [0.25, 0.3) is 5.69 Å². The van der Waals surface area contributed by atoms with Crippen LogP contribution in [0.4, 0.5) is 23.0 Å². The maximum atomic E-state index is 10.9. The summed E-state index contributed by atoms with van der Waals surface area (Å²) in [7, 11) is 1.52. The fraction of sp³-hybridized carbons (Fsp3) is 0.0833. The highest BCUT2D eigenvalue weighted by atomic mass is 35.5. The molecule has 110 valence electrons. The van der Waals surface area contributed by atoms with Gasteiger partial charge in [-0.25, -0.2) is 10.8 Å². The first kappa shape index (κ1) is 14.8. The van der Waals surface area contributed by atoms with Gasteiger partial charge in [-0.2, -0.15) is 0 Å². The van der Waals surface area contributed by atoms with E-state index in [1.54, 1.807) is 18.2 Å². The maximum Gasteiger partial charge on any atom is 0.276 e. The average Bonchev–Trinajstić information content (AvgIpc) is 2.49. The van der Waals surface area contributed by atoms with Crippen LogP contribution in [0.25, 0.3) is 0 Å². The van der Waals surface area contributed by atoms with Crippen molar-refractivity contribution >= 4 is 34.6 Å². The Kier molecular flexibility index (Phi) is 4.41. The molecular weight excluding hydrogens is 298 g/mol. The van der Waals surface area contributed by atoms with Crippen LogP contribution in [0.2, 0.25) is 5.02 Å². The highest BCUT2D eigenvalue weighted by Gasteiger charge is 2.12. The molecule has 8 nitrogen and oxygen atoms in total. The van der Waals surface area contributed by atoms with Crippen molar-refractivity contribution in [2.24, 2.45) is 5.84 Å². The lowest BCUT2D eigenvalue weighted by molar-refractivity contribution is -0.384. The number of pyridine rings is 1. The molecular formula is C12H12ClN5O3. The number of anilines is 3. The first-order chi connectivity index (χ1) is 10.0. The second kappa shape index (κ2) is 6.25. The Morgan fingerprint density at radius 2 is 2.05 bits per heavy atom. The van der Waals surface area contributed by atoms with E-state index in [1.165, 1.54) is 19.2 Å². The zero-order valence-electron chi connectivity index (χ0n) is 11.0. The smallest absolute Gasteiger partial charge is 0.276 e. The number of hydrogen-bond donors (Lipinski definition) is 3. The minimum Gasteiger partial charge on any atom is -0.497 e. The van der Waals surface area contributed by atoms with Crippen molar-refractivity contribution in [3.8, 4) is 5.75 Å². The molecule has 9 heteroatoms. The Bertz CT molecular complexity index is 680. The summed E-state index contributed by atoms with van der Waals surface area (Å²) in [5.74, 6) is 6.22. The molecule has 0 fully saturated rings. The molecule has 4 N–H and O–H groups in total. The largest absolute Gasteiger partial charge is 0.497 e. The Labute approximate surface area is 125 Å². The number of hydrazine groups is 1. The third kappa shape index (κ3) is 3.50. The molecule has 1 aromatic carbocycles. The molecule has 21 heavy (non-hydrogen) atoms.